The first-order chi connectivity index (χ1) is 13.8. The van der Waals surface area contributed by atoms with Crippen LogP contribution in [0.5, 0.6) is 0 Å². The van der Waals surface area contributed by atoms with Crippen LogP contribution in [0.3, 0.4) is 0 Å². The van der Waals surface area contributed by atoms with Crippen molar-refractivity contribution in [3.05, 3.63) is 54.9 Å². The second kappa shape index (κ2) is 8.65. The molecule has 0 spiro atoms. The summed E-state index contributed by atoms with van der Waals surface area (Å²) in [6.45, 7) is 6.52. The van der Waals surface area contributed by atoms with Crippen LogP contribution < -0.4 is 15.1 Å². The predicted molar refractivity (Wildman–Crippen MR) is 113 cm³/mol. The first-order valence-corrected chi connectivity index (χ1v) is 9.79. The summed E-state index contributed by atoms with van der Waals surface area (Å²) in [7, 11) is 0. The minimum atomic E-state index is 0.755. The molecule has 3 heterocycles. The van der Waals surface area contributed by atoms with Gasteiger partial charge in [-0.05, 0) is 12.5 Å². The molecule has 0 atom stereocenters. The number of aromatic nitrogens is 4. The second-order valence-corrected chi connectivity index (χ2v) is 6.75. The van der Waals surface area contributed by atoms with Crippen LogP contribution in [0.15, 0.2) is 54.9 Å². The number of anilines is 3. The highest BCUT2D eigenvalue weighted by Gasteiger charge is 2.21. The molecular weight excluding hydrogens is 350 g/mol. The van der Waals surface area contributed by atoms with Crippen molar-refractivity contribution < 1.29 is 0 Å². The second-order valence-electron chi connectivity index (χ2n) is 6.75. The van der Waals surface area contributed by atoms with E-state index in [1.807, 2.05) is 36.4 Å². The Balaban J connectivity index is 1.55. The topological polar surface area (TPSA) is 70.1 Å². The molecule has 0 unspecified atom stereocenters. The Labute approximate surface area is 165 Å². The quantitative estimate of drug-likeness (QED) is 0.710. The fraction of sp³-hybridized carbons (Fsp3) is 0.333. The Morgan fingerprint density at radius 1 is 0.893 bits per heavy atom. The summed E-state index contributed by atoms with van der Waals surface area (Å²) in [5.74, 6) is 3.38. The molecule has 0 bridgehead atoms. The lowest BCUT2D eigenvalue weighted by Crippen LogP contribution is -2.47. The van der Waals surface area contributed by atoms with E-state index in [1.54, 1.807) is 12.4 Å². The minimum absolute atomic E-state index is 0.755. The van der Waals surface area contributed by atoms with E-state index in [4.69, 9.17) is 9.97 Å². The number of hydrogen-bond acceptors (Lipinski definition) is 7. The molecule has 7 heteroatoms. The average Bonchev–Trinajstić information content (AvgIpc) is 2.79. The lowest BCUT2D eigenvalue weighted by atomic mass is 10.2. The first kappa shape index (κ1) is 18.2. The lowest BCUT2D eigenvalue weighted by molar-refractivity contribution is 0.634. The highest BCUT2D eigenvalue weighted by atomic mass is 15.3. The average molecular weight is 375 g/mol. The van der Waals surface area contributed by atoms with Gasteiger partial charge in [-0.1, -0.05) is 37.3 Å². The molecule has 0 amide bonds. The Bertz CT molecular complexity index is 878. The monoisotopic (exact) mass is 375 g/mol. The molecule has 0 saturated carbocycles. The summed E-state index contributed by atoms with van der Waals surface area (Å²) < 4.78 is 0. The molecule has 0 radical (unpaired) electrons. The van der Waals surface area contributed by atoms with Gasteiger partial charge in [-0.2, -0.15) is 0 Å². The minimum Gasteiger partial charge on any atom is -0.370 e. The largest absolute Gasteiger partial charge is 0.370 e. The highest BCUT2D eigenvalue weighted by Crippen LogP contribution is 2.24. The van der Waals surface area contributed by atoms with Crippen LogP contribution in [-0.4, -0.2) is 52.7 Å². The molecule has 144 valence electrons. The molecule has 0 aliphatic carbocycles. The molecule has 4 rings (SSSR count). The molecule has 1 aliphatic heterocycles. The molecule has 1 aromatic carbocycles. The lowest BCUT2D eigenvalue weighted by Gasteiger charge is -2.35. The number of hydrogen-bond donors (Lipinski definition) is 1. The number of nitrogens with zero attached hydrogens (tertiary/aromatic N) is 6. The van der Waals surface area contributed by atoms with Gasteiger partial charge in [0.05, 0.1) is 0 Å². The predicted octanol–water partition coefficient (Wildman–Crippen LogP) is 3.08. The maximum Gasteiger partial charge on any atom is 0.225 e. The van der Waals surface area contributed by atoms with Crippen molar-refractivity contribution in [1.82, 2.24) is 19.9 Å². The third-order valence-electron chi connectivity index (χ3n) is 4.74. The van der Waals surface area contributed by atoms with Gasteiger partial charge in [0.25, 0.3) is 0 Å². The molecule has 28 heavy (non-hydrogen) atoms. The van der Waals surface area contributed by atoms with Gasteiger partial charge in [0.15, 0.2) is 5.82 Å². The van der Waals surface area contributed by atoms with Gasteiger partial charge >= 0.3 is 0 Å². The van der Waals surface area contributed by atoms with E-state index in [1.165, 1.54) is 0 Å². The zero-order valence-corrected chi connectivity index (χ0v) is 16.1. The third kappa shape index (κ3) is 4.19. The normalized spacial score (nSPS) is 14.2. The van der Waals surface area contributed by atoms with Crippen LogP contribution in [-0.2, 0) is 0 Å². The van der Waals surface area contributed by atoms with Crippen molar-refractivity contribution in [3.63, 3.8) is 0 Å². The summed E-state index contributed by atoms with van der Waals surface area (Å²) in [5.41, 5.74) is 1.03. The molecule has 1 fully saturated rings. The fourth-order valence-corrected chi connectivity index (χ4v) is 3.25. The van der Waals surface area contributed by atoms with E-state index >= 15 is 0 Å². The highest BCUT2D eigenvalue weighted by molar-refractivity contribution is 5.62. The summed E-state index contributed by atoms with van der Waals surface area (Å²) in [6.07, 6.45) is 4.63. The van der Waals surface area contributed by atoms with Gasteiger partial charge in [-0.25, -0.2) is 19.9 Å². The van der Waals surface area contributed by atoms with Gasteiger partial charge in [0.1, 0.15) is 11.6 Å². The maximum atomic E-state index is 4.86. The number of nitrogens with one attached hydrogen (secondary N) is 1. The van der Waals surface area contributed by atoms with E-state index in [-0.39, 0.29) is 0 Å². The smallest absolute Gasteiger partial charge is 0.225 e. The van der Waals surface area contributed by atoms with Crippen LogP contribution in [0, 0.1) is 0 Å². The van der Waals surface area contributed by atoms with Gasteiger partial charge in [-0.15, -0.1) is 0 Å². The van der Waals surface area contributed by atoms with E-state index < -0.39 is 0 Å². The van der Waals surface area contributed by atoms with Crippen molar-refractivity contribution in [2.24, 2.45) is 0 Å². The van der Waals surface area contributed by atoms with Crippen molar-refractivity contribution in [3.8, 4) is 11.4 Å². The molecule has 2 aromatic heterocycles. The van der Waals surface area contributed by atoms with Crippen molar-refractivity contribution in [1.29, 1.82) is 0 Å². The molecule has 1 N–H and O–H groups in total. The summed E-state index contributed by atoms with van der Waals surface area (Å²) in [5, 5.41) is 3.41. The summed E-state index contributed by atoms with van der Waals surface area (Å²) in [6, 6.07) is 14.0. The molecule has 7 nitrogen and oxygen atoms in total. The molecule has 1 saturated heterocycles. The Hall–Kier alpha value is -3.22. The number of benzene rings is 1. The maximum absolute atomic E-state index is 4.86. The van der Waals surface area contributed by atoms with Crippen molar-refractivity contribution in [2.45, 2.75) is 13.3 Å². The van der Waals surface area contributed by atoms with Gasteiger partial charge in [0.2, 0.25) is 5.95 Å². The Morgan fingerprint density at radius 3 is 2.32 bits per heavy atom. The van der Waals surface area contributed by atoms with Crippen LogP contribution in [0.2, 0.25) is 0 Å². The fourth-order valence-electron chi connectivity index (χ4n) is 3.25. The molecular formula is C21H25N7. The number of piperazine rings is 1. The van der Waals surface area contributed by atoms with E-state index in [0.29, 0.717) is 0 Å². The third-order valence-corrected chi connectivity index (χ3v) is 4.74. The zero-order valence-electron chi connectivity index (χ0n) is 16.1. The van der Waals surface area contributed by atoms with Crippen LogP contribution in [0.1, 0.15) is 13.3 Å². The zero-order chi connectivity index (χ0) is 19.2. The Morgan fingerprint density at radius 2 is 1.61 bits per heavy atom. The number of rotatable bonds is 6. The Kier molecular flexibility index (Phi) is 5.61. The molecule has 3 aromatic rings. The SMILES string of the molecule is CCCNc1cc(N2CCN(c3ncccn3)CC2)nc(-c2ccccc2)n1. The van der Waals surface area contributed by atoms with E-state index in [2.05, 4.69) is 38.1 Å². The molecule has 1 aliphatic rings. The van der Waals surface area contributed by atoms with Crippen molar-refractivity contribution >= 4 is 17.6 Å². The van der Waals surface area contributed by atoms with E-state index in [9.17, 15) is 0 Å². The summed E-state index contributed by atoms with van der Waals surface area (Å²) in [4.78, 5) is 22.8. The van der Waals surface area contributed by atoms with Crippen molar-refractivity contribution in [2.75, 3.05) is 47.8 Å². The van der Waals surface area contributed by atoms with Crippen LogP contribution >= 0.6 is 0 Å². The van der Waals surface area contributed by atoms with E-state index in [0.717, 1.165) is 68.1 Å². The van der Waals surface area contributed by atoms with Gasteiger partial charge < -0.3 is 15.1 Å². The van der Waals surface area contributed by atoms with Crippen LogP contribution in [0.4, 0.5) is 17.6 Å². The van der Waals surface area contributed by atoms with Gasteiger partial charge in [-0.3, -0.25) is 0 Å². The van der Waals surface area contributed by atoms with Crippen LogP contribution in [0.25, 0.3) is 11.4 Å². The van der Waals surface area contributed by atoms with Gasteiger partial charge in [0, 0.05) is 56.7 Å². The standard InChI is InChI=1S/C21H25N7/c1-2-9-22-18-16-19(26-20(25-18)17-7-4-3-5-8-17)27-12-14-28(15-13-27)21-23-10-6-11-24-21/h3-8,10-11,16H,2,9,12-15H2,1H3,(H,22,25,26). The first-order valence-electron chi connectivity index (χ1n) is 9.79. The summed E-state index contributed by atoms with van der Waals surface area (Å²) >= 11 is 0.